The zero-order chi connectivity index (χ0) is 14.7. The minimum Gasteiger partial charge on any atom is -0.493 e. The van der Waals surface area contributed by atoms with Crippen molar-refractivity contribution >= 4 is 0 Å². The van der Waals surface area contributed by atoms with Crippen LogP contribution in [0.2, 0.25) is 0 Å². The highest BCUT2D eigenvalue weighted by atomic mass is 19.1. The molecule has 0 aliphatic heterocycles. The molecule has 0 radical (unpaired) electrons. The van der Waals surface area contributed by atoms with Crippen molar-refractivity contribution in [1.82, 2.24) is 0 Å². The van der Waals surface area contributed by atoms with Crippen LogP contribution in [0, 0.1) is 5.82 Å². The van der Waals surface area contributed by atoms with E-state index in [9.17, 15) is 4.39 Å². The Hall–Kier alpha value is -1.87. The Balaban J connectivity index is 1.73. The molecule has 1 aliphatic carbocycles. The van der Waals surface area contributed by atoms with Crippen LogP contribution in [0.15, 0.2) is 42.5 Å². The van der Waals surface area contributed by atoms with Crippen LogP contribution in [-0.2, 0) is 13.0 Å². The van der Waals surface area contributed by atoms with E-state index in [1.807, 2.05) is 0 Å². The number of aryl methyl sites for hydroxylation is 1. The maximum absolute atomic E-state index is 13.4. The van der Waals surface area contributed by atoms with E-state index in [1.165, 1.54) is 23.3 Å². The Morgan fingerprint density at radius 3 is 2.90 bits per heavy atom. The second kappa shape index (κ2) is 6.27. The highest BCUT2D eigenvalue weighted by molar-refractivity contribution is 5.33. The van der Waals surface area contributed by atoms with E-state index in [2.05, 4.69) is 24.3 Å². The molecule has 1 unspecified atom stereocenters. The molecular formula is C18H19FO2. The van der Waals surface area contributed by atoms with Crippen molar-refractivity contribution in [2.24, 2.45) is 0 Å². The summed E-state index contributed by atoms with van der Waals surface area (Å²) in [5.74, 6) is 0.471. The average Bonchev–Trinajstić information content (AvgIpc) is 2.52. The van der Waals surface area contributed by atoms with Crippen molar-refractivity contribution in [3.8, 4) is 5.75 Å². The van der Waals surface area contributed by atoms with Gasteiger partial charge in [0.1, 0.15) is 11.6 Å². The Morgan fingerprint density at radius 2 is 2.05 bits per heavy atom. The monoisotopic (exact) mass is 286 g/mol. The zero-order valence-corrected chi connectivity index (χ0v) is 11.9. The van der Waals surface area contributed by atoms with Crippen molar-refractivity contribution in [3.05, 3.63) is 65.0 Å². The first kappa shape index (κ1) is 14.1. The van der Waals surface area contributed by atoms with Gasteiger partial charge >= 0.3 is 0 Å². The predicted octanol–water partition coefficient (Wildman–Crippen LogP) is 3.82. The first-order chi connectivity index (χ1) is 10.3. The van der Waals surface area contributed by atoms with Gasteiger partial charge in [-0.15, -0.1) is 0 Å². The van der Waals surface area contributed by atoms with Crippen LogP contribution in [0.4, 0.5) is 4.39 Å². The number of fused-ring (bicyclic) bond motifs is 1. The Morgan fingerprint density at radius 1 is 1.19 bits per heavy atom. The van der Waals surface area contributed by atoms with Gasteiger partial charge in [-0.1, -0.05) is 24.3 Å². The van der Waals surface area contributed by atoms with E-state index in [0.717, 1.165) is 19.3 Å². The molecule has 0 amide bonds. The van der Waals surface area contributed by atoms with E-state index in [-0.39, 0.29) is 12.4 Å². The molecule has 0 saturated carbocycles. The van der Waals surface area contributed by atoms with E-state index < -0.39 is 0 Å². The first-order valence-corrected chi connectivity index (χ1v) is 7.37. The largest absolute Gasteiger partial charge is 0.493 e. The summed E-state index contributed by atoms with van der Waals surface area (Å²) in [6.07, 6.45) is 3.39. The molecule has 0 aromatic heterocycles. The molecule has 3 heteroatoms. The Labute approximate surface area is 124 Å². The molecule has 1 aliphatic rings. The lowest BCUT2D eigenvalue weighted by molar-refractivity contribution is 0.266. The summed E-state index contributed by atoms with van der Waals surface area (Å²) in [5, 5.41) is 9.11. The molecular weight excluding hydrogens is 267 g/mol. The summed E-state index contributed by atoms with van der Waals surface area (Å²) in [4.78, 5) is 0. The van der Waals surface area contributed by atoms with Gasteiger partial charge < -0.3 is 9.84 Å². The normalized spacial score (nSPS) is 17.3. The second-order valence-corrected chi connectivity index (χ2v) is 5.55. The molecule has 2 nitrogen and oxygen atoms in total. The van der Waals surface area contributed by atoms with E-state index in [1.54, 1.807) is 6.07 Å². The van der Waals surface area contributed by atoms with Gasteiger partial charge in [0.2, 0.25) is 0 Å². The lowest BCUT2D eigenvalue weighted by Gasteiger charge is -2.25. The lowest BCUT2D eigenvalue weighted by atomic mass is 9.83. The fourth-order valence-corrected chi connectivity index (χ4v) is 3.02. The third-order valence-corrected chi connectivity index (χ3v) is 4.06. The average molecular weight is 286 g/mol. The van der Waals surface area contributed by atoms with Crippen LogP contribution in [0.1, 0.15) is 35.4 Å². The number of ether oxygens (including phenoxy) is 1. The summed E-state index contributed by atoms with van der Waals surface area (Å²) >= 11 is 0. The molecule has 0 spiro atoms. The van der Waals surface area contributed by atoms with Gasteiger partial charge in [0, 0.05) is 12.0 Å². The molecule has 2 aromatic rings. The van der Waals surface area contributed by atoms with Crippen LogP contribution in [0.25, 0.3) is 0 Å². The van der Waals surface area contributed by atoms with Crippen LogP contribution >= 0.6 is 0 Å². The van der Waals surface area contributed by atoms with Gasteiger partial charge in [0.05, 0.1) is 13.2 Å². The minimum atomic E-state index is -0.374. The van der Waals surface area contributed by atoms with Crippen molar-refractivity contribution in [2.45, 2.75) is 31.8 Å². The van der Waals surface area contributed by atoms with Crippen molar-refractivity contribution in [1.29, 1.82) is 0 Å². The molecule has 0 saturated heterocycles. The standard InChI is InChI=1S/C18H19FO2/c19-16-8-13(11-20)9-17(10-16)21-12-15-6-3-5-14-4-1-2-7-18(14)15/h1-2,4,7-10,15,20H,3,5-6,11-12H2. The van der Waals surface area contributed by atoms with E-state index >= 15 is 0 Å². The number of halogens is 1. The summed E-state index contributed by atoms with van der Waals surface area (Å²) < 4.78 is 19.2. The molecule has 110 valence electrons. The third kappa shape index (κ3) is 3.24. The van der Waals surface area contributed by atoms with Gasteiger partial charge in [-0.05, 0) is 48.1 Å². The van der Waals surface area contributed by atoms with E-state index in [4.69, 9.17) is 9.84 Å². The summed E-state index contributed by atoms with van der Waals surface area (Å²) in [5.41, 5.74) is 3.28. The molecule has 3 rings (SSSR count). The number of aliphatic hydroxyl groups is 1. The smallest absolute Gasteiger partial charge is 0.127 e. The van der Waals surface area contributed by atoms with Crippen molar-refractivity contribution < 1.29 is 14.2 Å². The molecule has 0 heterocycles. The molecule has 0 bridgehead atoms. The van der Waals surface area contributed by atoms with Crippen LogP contribution in [0.5, 0.6) is 5.75 Å². The summed E-state index contributed by atoms with van der Waals surface area (Å²) in [6, 6.07) is 12.8. The van der Waals surface area contributed by atoms with E-state index in [0.29, 0.717) is 23.8 Å². The maximum Gasteiger partial charge on any atom is 0.127 e. The molecule has 1 N–H and O–H groups in total. The zero-order valence-electron chi connectivity index (χ0n) is 11.9. The molecule has 0 fully saturated rings. The highest BCUT2D eigenvalue weighted by Gasteiger charge is 2.20. The lowest BCUT2D eigenvalue weighted by Crippen LogP contribution is -2.16. The van der Waals surface area contributed by atoms with Gasteiger partial charge in [0.25, 0.3) is 0 Å². The Bertz CT molecular complexity index is 624. The fraction of sp³-hybridized carbons (Fsp3) is 0.333. The third-order valence-electron chi connectivity index (χ3n) is 4.06. The van der Waals surface area contributed by atoms with Gasteiger partial charge in [-0.25, -0.2) is 4.39 Å². The number of hydrogen-bond donors (Lipinski definition) is 1. The van der Waals surface area contributed by atoms with Gasteiger partial charge in [-0.2, -0.15) is 0 Å². The number of benzene rings is 2. The predicted molar refractivity (Wildman–Crippen MR) is 79.9 cm³/mol. The molecule has 2 aromatic carbocycles. The van der Waals surface area contributed by atoms with Gasteiger partial charge in [0.15, 0.2) is 0 Å². The number of aliphatic hydroxyl groups excluding tert-OH is 1. The van der Waals surface area contributed by atoms with Crippen LogP contribution < -0.4 is 4.74 Å². The van der Waals surface area contributed by atoms with Crippen molar-refractivity contribution in [2.75, 3.05) is 6.61 Å². The molecule has 21 heavy (non-hydrogen) atoms. The second-order valence-electron chi connectivity index (χ2n) is 5.55. The first-order valence-electron chi connectivity index (χ1n) is 7.37. The summed E-state index contributed by atoms with van der Waals surface area (Å²) in [6.45, 7) is 0.367. The van der Waals surface area contributed by atoms with Crippen LogP contribution in [0.3, 0.4) is 0 Å². The topological polar surface area (TPSA) is 29.5 Å². The number of rotatable bonds is 4. The molecule has 1 atom stereocenters. The van der Waals surface area contributed by atoms with Crippen LogP contribution in [-0.4, -0.2) is 11.7 Å². The maximum atomic E-state index is 13.4. The fourth-order valence-electron chi connectivity index (χ4n) is 3.02. The van der Waals surface area contributed by atoms with Crippen molar-refractivity contribution in [3.63, 3.8) is 0 Å². The quantitative estimate of drug-likeness (QED) is 0.926. The Kier molecular flexibility index (Phi) is 4.20. The number of hydrogen-bond acceptors (Lipinski definition) is 2. The highest BCUT2D eigenvalue weighted by Crippen LogP contribution is 2.32. The summed E-state index contributed by atoms with van der Waals surface area (Å²) in [7, 11) is 0. The minimum absolute atomic E-state index is 0.180. The SMILES string of the molecule is OCc1cc(F)cc(OCC2CCCc3ccccc32)c1. The van der Waals surface area contributed by atoms with Gasteiger partial charge in [-0.3, -0.25) is 0 Å².